The van der Waals surface area contributed by atoms with Crippen LogP contribution < -0.4 is 10.6 Å². The number of carbonyl (C=O) groups excluding carboxylic acids is 1. The Hall–Kier alpha value is -0.810. The Labute approximate surface area is 140 Å². The van der Waals surface area contributed by atoms with Gasteiger partial charge in [0.15, 0.2) is 0 Å². The van der Waals surface area contributed by atoms with Crippen molar-refractivity contribution in [2.75, 3.05) is 13.2 Å². The summed E-state index contributed by atoms with van der Waals surface area (Å²) in [4.78, 5) is 12.1. The van der Waals surface area contributed by atoms with Crippen LogP contribution in [0.15, 0.2) is 0 Å². The van der Waals surface area contributed by atoms with Gasteiger partial charge in [0.2, 0.25) is 0 Å². The fraction of sp³-hybridized carbons (Fsp3) is 0.944. The summed E-state index contributed by atoms with van der Waals surface area (Å²) < 4.78 is 11.3. The monoisotopic (exact) mass is 326 g/mol. The molecule has 2 aliphatic rings. The summed E-state index contributed by atoms with van der Waals surface area (Å²) in [6, 6.07) is 0.464. The van der Waals surface area contributed by atoms with E-state index >= 15 is 0 Å². The van der Waals surface area contributed by atoms with E-state index in [2.05, 4.69) is 24.5 Å². The van der Waals surface area contributed by atoms with Crippen molar-refractivity contribution in [2.24, 2.45) is 0 Å². The van der Waals surface area contributed by atoms with Gasteiger partial charge in [-0.05, 0) is 66.2 Å². The molecule has 1 heterocycles. The van der Waals surface area contributed by atoms with Gasteiger partial charge in [0.05, 0.1) is 11.1 Å². The van der Waals surface area contributed by atoms with E-state index in [0.29, 0.717) is 6.04 Å². The van der Waals surface area contributed by atoms with Crippen molar-refractivity contribution in [3.05, 3.63) is 0 Å². The van der Waals surface area contributed by atoms with E-state index < -0.39 is 5.60 Å². The van der Waals surface area contributed by atoms with Crippen LogP contribution in [-0.2, 0) is 9.47 Å². The maximum atomic E-state index is 12.1. The Morgan fingerprint density at radius 3 is 2.57 bits per heavy atom. The molecule has 2 atom stereocenters. The number of amides is 1. The predicted octanol–water partition coefficient (Wildman–Crippen LogP) is 3.37. The highest BCUT2D eigenvalue weighted by molar-refractivity contribution is 5.69. The Kier molecular flexibility index (Phi) is 5.62. The number of rotatable bonds is 5. The van der Waals surface area contributed by atoms with Crippen molar-refractivity contribution in [1.29, 1.82) is 0 Å². The number of ether oxygens (including phenoxy) is 2. The van der Waals surface area contributed by atoms with Crippen molar-refractivity contribution in [3.8, 4) is 0 Å². The topological polar surface area (TPSA) is 59.6 Å². The van der Waals surface area contributed by atoms with Crippen LogP contribution in [0, 0.1) is 0 Å². The molecule has 2 rings (SSSR count). The van der Waals surface area contributed by atoms with Crippen LogP contribution in [0.1, 0.15) is 73.1 Å². The summed E-state index contributed by atoms with van der Waals surface area (Å²) in [5, 5.41) is 6.78. The Bertz CT molecular complexity index is 415. The maximum absolute atomic E-state index is 12.1. The molecule has 1 saturated carbocycles. The third-order valence-electron chi connectivity index (χ3n) is 5.15. The summed E-state index contributed by atoms with van der Waals surface area (Å²) in [5.41, 5.74) is -0.601. The van der Waals surface area contributed by atoms with Gasteiger partial charge in [0.1, 0.15) is 5.60 Å². The zero-order valence-electron chi connectivity index (χ0n) is 15.5. The SMILES string of the molecule is CCC1(C)CC(NCC2(NC(=O)OC(C)(C)C)CCC2)CCO1. The van der Waals surface area contributed by atoms with Crippen molar-refractivity contribution >= 4 is 6.09 Å². The fourth-order valence-electron chi connectivity index (χ4n) is 3.36. The van der Waals surface area contributed by atoms with E-state index in [0.717, 1.165) is 51.7 Å². The van der Waals surface area contributed by atoms with E-state index in [1.807, 2.05) is 20.8 Å². The number of carbonyl (C=O) groups is 1. The molecule has 0 bridgehead atoms. The van der Waals surface area contributed by atoms with Crippen LogP contribution in [0.3, 0.4) is 0 Å². The Balaban J connectivity index is 1.83. The van der Waals surface area contributed by atoms with Crippen molar-refractivity contribution in [3.63, 3.8) is 0 Å². The number of hydrogen-bond donors (Lipinski definition) is 2. The standard InChI is InChI=1S/C18H34N2O3/c1-6-17(5)12-14(8-11-22-17)19-13-18(9-7-10-18)20-15(21)23-16(2,3)4/h14,19H,6-13H2,1-5H3,(H,20,21). The molecule has 2 N–H and O–H groups in total. The van der Waals surface area contributed by atoms with E-state index in [9.17, 15) is 4.79 Å². The quantitative estimate of drug-likeness (QED) is 0.813. The molecule has 23 heavy (non-hydrogen) atoms. The molecule has 0 aromatic carbocycles. The maximum Gasteiger partial charge on any atom is 0.408 e. The van der Waals surface area contributed by atoms with Gasteiger partial charge in [-0.1, -0.05) is 6.92 Å². The lowest BCUT2D eigenvalue weighted by atomic mass is 9.76. The van der Waals surface area contributed by atoms with Gasteiger partial charge in [-0.25, -0.2) is 4.79 Å². The molecular weight excluding hydrogens is 292 g/mol. The first-order valence-electron chi connectivity index (χ1n) is 9.04. The second-order valence-electron chi connectivity index (χ2n) is 8.48. The minimum Gasteiger partial charge on any atom is -0.444 e. The second kappa shape index (κ2) is 6.98. The van der Waals surface area contributed by atoms with Crippen LogP contribution in [-0.4, -0.2) is 42.0 Å². The summed E-state index contributed by atoms with van der Waals surface area (Å²) in [7, 11) is 0. The van der Waals surface area contributed by atoms with Gasteiger partial charge in [-0.15, -0.1) is 0 Å². The highest BCUT2D eigenvalue weighted by Gasteiger charge is 2.40. The van der Waals surface area contributed by atoms with Crippen molar-refractivity contribution < 1.29 is 14.3 Å². The minimum absolute atomic E-state index is 0.0126. The molecule has 1 aliphatic carbocycles. The molecular formula is C18H34N2O3. The lowest BCUT2D eigenvalue weighted by Gasteiger charge is -2.45. The Morgan fingerprint density at radius 2 is 2.04 bits per heavy atom. The highest BCUT2D eigenvalue weighted by atomic mass is 16.6. The molecule has 5 heteroatoms. The van der Waals surface area contributed by atoms with Crippen molar-refractivity contribution in [1.82, 2.24) is 10.6 Å². The first-order chi connectivity index (χ1) is 10.7. The molecule has 5 nitrogen and oxygen atoms in total. The highest BCUT2D eigenvalue weighted by Crippen LogP contribution is 2.33. The molecule has 0 spiro atoms. The molecule has 134 valence electrons. The number of nitrogens with one attached hydrogen (secondary N) is 2. The molecule has 1 saturated heterocycles. The van der Waals surface area contributed by atoms with E-state index in [1.165, 1.54) is 0 Å². The van der Waals surface area contributed by atoms with Crippen LogP contribution in [0.2, 0.25) is 0 Å². The molecule has 0 aromatic heterocycles. The van der Waals surface area contributed by atoms with Gasteiger partial charge < -0.3 is 20.1 Å². The third-order valence-corrected chi connectivity index (χ3v) is 5.15. The lowest BCUT2D eigenvalue weighted by molar-refractivity contribution is -0.0790. The van der Waals surface area contributed by atoms with Crippen LogP contribution in [0.4, 0.5) is 4.79 Å². The van der Waals surface area contributed by atoms with Crippen LogP contribution >= 0.6 is 0 Å². The van der Waals surface area contributed by atoms with Gasteiger partial charge >= 0.3 is 6.09 Å². The lowest BCUT2D eigenvalue weighted by Crippen LogP contribution is -2.61. The first-order valence-corrected chi connectivity index (χ1v) is 9.04. The Morgan fingerprint density at radius 1 is 1.35 bits per heavy atom. The average molecular weight is 326 g/mol. The first kappa shape index (κ1) is 18.5. The minimum atomic E-state index is -0.452. The van der Waals surface area contributed by atoms with E-state index in [4.69, 9.17) is 9.47 Å². The van der Waals surface area contributed by atoms with Crippen LogP contribution in [0.5, 0.6) is 0 Å². The fourth-order valence-corrected chi connectivity index (χ4v) is 3.36. The largest absolute Gasteiger partial charge is 0.444 e. The van der Waals surface area contributed by atoms with Gasteiger partial charge in [0.25, 0.3) is 0 Å². The summed E-state index contributed by atoms with van der Waals surface area (Å²) in [6.45, 7) is 11.7. The second-order valence-corrected chi connectivity index (χ2v) is 8.48. The van der Waals surface area contributed by atoms with Crippen molar-refractivity contribution in [2.45, 2.75) is 95.9 Å². The van der Waals surface area contributed by atoms with E-state index in [-0.39, 0.29) is 17.2 Å². The summed E-state index contributed by atoms with van der Waals surface area (Å²) >= 11 is 0. The zero-order chi connectivity index (χ0) is 17.1. The summed E-state index contributed by atoms with van der Waals surface area (Å²) in [5.74, 6) is 0. The normalized spacial score (nSPS) is 30.4. The molecule has 2 unspecified atom stereocenters. The molecule has 2 fully saturated rings. The van der Waals surface area contributed by atoms with E-state index in [1.54, 1.807) is 0 Å². The van der Waals surface area contributed by atoms with Gasteiger partial charge in [-0.3, -0.25) is 0 Å². The number of hydrogen-bond acceptors (Lipinski definition) is 4. The summed E-state index contributed by atoms with van der Waals surface area (Å²) in [6.07, 6.45) is 6.01. The number of alkyl carbamates (subject to hydrolysis) is 1. The zero-order valence-corrected chi connectivity index (χ0v) is 15.5. The smallest absolute Gasteiger partial charge is 0.408 e. The predicted molar refractivity (Wildman–Crippen MR) is 91.6 cm³/mol. The average Bonchev–Trinajstić information content (AvgIpc) is 2.40. The molecule has 0 aromatic rings. The van der Waals surface area contributed by atoms with Gasteiger partial charge in [0, 0.05) is 19.2 Å². The molecule has 0 radical (unpaired) electrons. The molecule has 1 amide bonds. The molecule has 1 aliphatic heterocycles. The van der Waals surface area contributed by atoms with Gasteiger partial charge in [-0.2, -0.15) is 0 Å². The third kappa shape index (κ3) is 5.35. The van der Waals surface area contributed by atoms with Crippen LogP contribution in [0.25, 0.3) is 0 Å².